The normalized spacial score (nSPS) is 14.3. The Kier molecular flexibility index (Phi) is 4.87. The van der Waals surface area contributed by atoms with Crippen molar-refractivity contribution in [2.24, 2.45) is 0 Å². The molecular formula is C21H21N3O3. The highest BCUT2D eigenvalue weighted by Crippen LogP contribution is 2.24. The van der Waals surface area contributed by atoms with Gasteiger partial charge in [0.25, 0.3) is 5.91 Å². The lowest BCUT2D eigenvalue weighted by Crippen LogP contribution is -2.38. The Bertz CT molecular complexity index is 940. The van der Waals surface area contributed by atoms with Crippen molar-refractivity contribution < 1.29 is 14.3 Å². The molecule has 1 aliphatic heterocycles. The summed E-state index contributed by atoms with van der Waals surface area (Å²) in [6.45, 7) is 1.26. The lowest BCUT2D eigenvalue weighted by Gasteiger charge is -2.26. The van der Waals surface area contributed by atoms with Crippen molar-refractivity contribution in [1.29, 1.82) is 0 Å². The number of likely N-dealkylation sites (tertiary alicyclic amines) is 1. The predicted octanol–water partition coefficient (Wildman–Crippen LogP) is 3.40. The molecule has 0 saturated carbocycles. The molecule has 0 bridgehead atoms. The van der Waals surface area contributed by atoms with Gasteiger partial charge in [-0.3, -0.25) is 4.79 Å². The second kappa shape index (κ2) is 7.61. The van der Waals surface area contributed by atoms with E-state index in [2.05, 4.69) is 9.97 Å². The maximum Gasteiger partial charge on any atom is 0.339 e. The van der Waals surface area contributed by atoms with E-state index in [1.807, 2.05) is 36.4 Å². The summed E-state index contributed by atoms with van der Waals surface area (Å²) in [5, 5.41) is 0. The maximum absolute atomic E-state index is 12.6. The number of nitrogens with one attached hydrogen (secondary N) is 1. The monoisotopic (exact) mass is 363 g/mol. The molecule has 2 aromatic carbocycles. The number of esters is 1. The van der Waals surface area contributed by atoms with Crippen LogP contribution in [0.3, 0.4) is 0 Å². The first-order valence-electron chi connectivity index (χ1n) is 9.21. The predicted molar refractivity (Wildman–Crippen MR) is 102 cm³/mol. The number of hydrogen-bond acceptors (Lipinski definition) is 4. The van der Waals surface area contributed by atoms with Crippen molar-refractivity contribution in [3.63, 3.8) is 0 Å². The molecule has 138 valence electrons. The topological polar surface area (TPSA) is 75.3 Å². The Morgan fingerprint density at radius 2 is 1.74 bits per heavy atom. The minimum Gasteiger partial charge on any atom is -0.452 e. The largest absolute Gasteiger partial charge is 0.452 e. The average Bonchev–Trinajstić information content (AvgIpc) is 3.16. The van der Waals surface area contributed by atoms with Gasteiger partial charge in [0.2, 0.25) is 0 Å². The Balaban J connectivity index is 1.51. The third-order valence-corrected chi connectivity index (χ3v) is 4.83. The first-order chi connectivity index (χ1) is 13.2. The molecule has 1 aromatic heterocycles. The number of amides is 1. The van der Waals surface area contributed by atoms with Gasteiger partial charge in [-0.1, -0.05) is 30.3 Å². The highest BCUT2D eigenvalue weighted by atomic mass is 16.5. The minimum absolute atomic E-state index is 0.135. The van der Waals surface area contributed by atoms with Crippen LogP contribution >= 0.6 is 0 Å². The van der Waals surface area contributed by atoms with E-state index in [0.717, 1.165) is 43.4 Å². The molecule has 6 nitrogen and oxygen atoms in total. The second-order valence-corrected chi connectivity index (χ2v) is 6.67. The SMILES string of the molecule is O=C(OCC(=O)N1CCCCC1)c1ccccc1-c1nc2ccccc2[nH]1. The number of fused-ring (bicyclic) bond motifs is 1. The van der Waals surface area contributed by atoms with Gasteiger partial charge >= 0.3 is 5.97 Å². The fourth-order valence-electron chi connectivity index (χ4n) is 3.39. The number of H-pyrrole nitrogens is 1. The van der Waals surface area contributed by atoms with Crippen LogP contribution in [-0.4, -0.2) is 46.4 Å². The number of imidazole rings is 1. The fraction of sp³-hybridized carbons (Fsp3) is 0.286. The summed E-state index contributed by atoms with van der Waals surface area (Å²) in [5.74, 6) is -0.0493. The van der Waals surface area contributed by atoms with Gasteiger partial charge in [0, 0.05) is 18.7 Å². The number of benzene rings is 2. The molecule has 0 atom stereocenters. The van der Waals surface area contributed by atoms with Gasteiger partial charge < -0.3 is 14.6 Å². The van der Waals surface area contributed by atoms with Crippen LogP contribution < -0.4 is 0 Å². The highest BCUT2D eigenvalue weighted by molar-refractivity contribution is 5.98. The fourth-order valence-corrected chi connectivity index (χ4v) is 3.39. The van der Waals surface area contributed by atoms with E-state index >= 15 is 0 Å². The molecule has 2 heterocycles. The Morgan fingerprint density at radius 1 is 1.00 bits per heavy atom. The molecule has 1 saturated heterocycles. The third kappa shape index (κ3) is 3.69. The Hall–Kier alpha value is -3.15. The van der Waals surface area contributed by atoms with E-state index in [-0.39, 0.29) is 12.5 Å². The first-order valence-corrected chi connectivity index (χ1v) is 9.21. The Labute approximate surface area is 157 Å². The quantitative estimate of drug-likeness (QED) is 0.721. The number of carbonyl (C=O) groups is 2. The van der Waals surface area contributed by atoms with Crippen LogP contribution in [0.1, 0.15) is 29.6 Å². The van der Waals surface area contributed by atoms with Crippen LogP contribution in [0.25, 0.3) is 22.4 Å². The number of nitrogens with zero attached hydrogens (tertiary/aromatic N) is 2. The number of carbonyl (C=O) groups excluding carboxylic acids is 2. The maximum atomic E-state index is 12.6. The lowest BCUT2D eigenvalue weighted by molar-refractivity contribution is -0.135. The molecule has 0 unspecified atom stereocenters. The van der Waals surface area contributed by atoms with E-state index in [1.165, 1.54) is 0 Å². The number of para-hydroxylation sites is 2. The standard InChI is InChI=1S/C21H21N3O3/c25-19(24-12-6-1-7-13-24)14-27-21(26)16-9-3-2-8-15(16)20-22-17-10-4-5-11-18(17)23-20/h2-5,8-11H,1,6-7,12-14H2,(H,22,23). The molecular weight excluding hydrogens is 342 g/mol. The van der Waals surface area contributed by atoms with Gasteiger partial charge in [-0.25, -0.2) is 9.78 Å². The van der Waals surface area contributed by atoms with Gasteiger partial charge in [0.1, 0.15) is 5.82 Å². The molecule has 1 N–H and O–H groups in total. The summed E-state index contributed by atoms with van der Waals surface area (Å²) in [6, 6.07) is 14.8. The molecule has 6 heteroatoms. The van der Waals surface area contributed by atoms with E-state index in [9.17, 15) is 9.59 Å². The van der Waals surface area contributed by atoms with Crippen molar-refractivity contribution in [3.05, 3.63) is 54.1 Å². The van der Waals surface area contributed by atoms with Gasteiger partial charge in [-0.05, 0) is 37.5 Å². The van der Waals surface area contributed by atoms with Crippen LogP contribution in [0.2, 0.25) is 0 Å². The zero-order valence-corrected chi connectivity index (χ0v) is 15.0. The van der Waals surface area contributed by atoms with E-state index < -0.39 is 5.97 Å². The number of aromatic amines is 1. The van der Waals surface area contributed by atoms with Crippen LogP contribution in [0, 0.1) is 0 Å². The van der Waals surface area contributed by atoms with E-state index in [0.29, 0.717) is 17.0 Å². The van der Waals surface area contributed by atoms with Crippen molar-refractivity contribution in [2.45, 2.75) is 19.3 Å². The summed E-state index contributed by atoms with van der Waals surface area (Å²) in [5.41, 5.74) is 2.78. The highest BCUT2D eigenvalue weighted by Gasteiger charge is 2.20. The number of hydrogen-bond donors (Lipinski definition) is 1. The van der Waals surface area contributed by atoms with Crippen LogP contribution in [0.4, 0.5) is 0 Å². The zero-order chi connectivity index (χ0) is 18.6. The third-order valence-electron chi connectivity index (χ3n) is 4.83. The smallest absolute Gasteiger partial charge is 0.339 e. The van der Waals surface area contributed by atoms with Crippen molar-refractivity contribution in [1.82, 2.24) is 14.9 Å². The molecule has 0 aliphatic carbocycles. The molecule has 3 aromatic rings. The second-order valence-electron chi connectivity index (χ2n) is 6.67. The molecule has 1 aliphatic rings. The molecule has 0 spiro atoms. The average molecular weight is 363 g/mol. The lowest BCUT2D eigenvalue weighted by atomic mass is 10.1. The van der Waals surface area contributed by atoms with Gasteiger partial charge in [-0.15, -0.1) is 0 Å². The number of ether oxygens (including phenoxy) is 1. The van der Waals surface area contributed by atoms with Crippen molar-refractivity contribution in [2.75, 3.05) is 19.7 Å². The number of aromatic nitrogens is 2. The van der Waals surface area contributed by atoms with Gasteiger partial charge in [0.15, 0.2) is 6.61 Å². The van der Waals surface area contributed by atoms with Crippen molar-refractivity contribution >= 4 is 22.9 Å². The summed E-state index contributed by atoms with van der Waals surface area (Å²) in [4.78, 5) is 34.4. The summed E-state index contributed by atoms with van der Waals surface area (Å²) >= 11 is 0. The van der Waals surface area contributed by atoms with E-state index in [4.69, 9.17) is 4.74 Å². The van der Waals surface area contributed by atoms with Crippen LogP contribution in [0.15, 0.2) is 48.5 Å². The van der Waals surface area contributed by atoms with Crippen LogP contribution in [0.5, 0.6) is 0 Å². The number of rotatable bonds is 4. The van der Waals surface area contributed by atoms with Gasteiger partial charge in [-0.2, -0.15) is 0 Å². The van der Waals surface area contributed by atoms with Crippen LogP contribution in [-0.2, 0) is 9.53 Å². The molecule has 0 radical (unpaired) electrons. The zero-order valence-electron chi connectivity index (χ0n) is 15.0. The summed E-state index contributed by atoms with van der Waals surface area (Å²) in [6.07, 6.45) is 3.16. The summed E-state index contributed by atoms with van der Waals surface area (Å²) < 4.78 is 5.31. The molecule has 1 amide bonds. The minimum atomic E-state index is -0.517. The summed E-state index contributed by atoms with van der Waals surface area (Å²) in [7, 11) is 0. The van der Waals surface area contributed by atoms with E-state index in [1.54, 1.807) is 17.0 Å². The molecule has 4 rings (SSSR count). The molecule has 27 heavy (non-hydrogen) atoms. The molecule has 1 fully saturated rings. The first kappa shape index (κ1) is 17.3. The number of piperidine rings is 1. The van der Waals surface area contributed by atoms with Crippen molar-refractivity contribution in [3.8, 4) is 11.4 Å². The van der Waals surface area contributed by atoms with Gasteiger partial charge in [0.05, 0.1) is 16.6 Å². The Morgan fingerprint density at radius 3 is 2.56 bits per heavy atom.